The third kappa shape index (κ3) is 4.17. The number of carbonyl (C=O) groups excluding carboxylic acids is 1. The predicted molar refractivity (Wildman–Crippen MR) is 93.9 cm³/mol. The van der Waals surface area contributed by atoms with Gasteiger partial charge in [-0.15, -0.1) is 0 Å². The van der Waals surface area contributed by atoms with Gasteiger partial charge in [-0.2, -0.15) is 5.10 Å². The zero-order valence-corrected chi connectivity index (χ0v) is 14.5. The molecule has 7 nitrogen and oxygen atoms in total. The Morgan fingerprint density at radius 1 is 1.48 bits per heavy atom. The van der Waals surface area contributed by atoms with Crippen molar-refractivity contribution < 1.29 is 9.90 Å². The molecule has 0 saturated heterocycles. The van der Waals surface area contributed by atoms with Crippen LogP contribution in [0.5, 0.6) is 0 Å². The lowest BCUT2D eigenvalue weighted by molar-refractivity contribution is 0.141. The van der Waals surface area contributed by atoms with Gasteiger partial charge >= 0.3 is 6.03 Å². The minimum atomic E-state index is -0.150. The summed E-state index contributed by atoms with van der Waals surface area (Å²) in [6, 6.07) is 8.05. The summed E-state index contributed by atoms with van der Waals surface area (Å²) in [7, 11) is 0. The second kappa shape index (κ2) is 8.11. The number of hydrogen-bond acceptors (Lipinski definition) is 4. The summed E-state index contributed by atoms with van der Waals surface area (Å²) in [5, 5.41) is 16.5. The number of aliphatic hydroxyl groups is 1. The first-order valence-corrected chi connectivity index (χ1v) is 8.77. The minimum absolute atomic E-state index is 0.00988. The average molecular weight is 343 g/mol. The zero-order chi connectivity index (χ0) is 17.6. The number of benzene rings is 1. The van der Waals surface area contributed by atoms with Crippen LogP contribution < -0.4 is 5.32 Å². The quantitative estimate of drug-likeness (QED) is 0.837. The Morgan fingerprint density at radius 2 is 2.32 bits per heavy atom. The summed E-state index contributed by atoms with van der Waals surface area (Å²) in [5.74, 6) is 0. The molecule has 0 radical (unpaired) electrons. The number of nitrogens with zero attached hydrogens (tertiary/aromatic N) is 4. The third-order valence-corrected chi connectivity index (χ3v) is 4.61. The van der Waals surface area contributed by atoms with Gasteiger partial charge in [0.2, 0.25) is 0 Å². The van der Waals surface area contributed by atoms with Gasteiger partial charge in [-0.3, -0.25) is 4.68 Å². The molecule has 2 amide bonds. The lowest BCUT2D eigenvalue weighted by Gasteiger charge is -2.36. The third-order valence-electron chi connectivity index (χ3n) is 4.61. The first-order chi connectivity index (χ1) is 12.2. The summed E-state index contributed by atoms with van der Waals surface area (Å²) in [5.41, 5.74) is 2.49. The molecule has 0 unspecified atom stereocenters. The molecule has 0 bridgehead atoms. The maximum Gasteiger partial charge on any atom is 0.318 e. The van der Waals surface area contributed by atoms with Gasteiger partial charge in [0.15, 0.2) is 0 Å². The van der Waals surface area contributed by atoms with Crippen LogP contribution in [-0.2, 0) is 13.0 Å². The molecule has 3 rings (SSSR count). The van der Waals surface area contributed by atoms with Gasteiger partial charge in [-0.1, -0.05) is 24.3 Å². The number of urea groups is 1. The number of aliphatic hydroxyl groups excluding tert-OH is 1. The second-order valence-electron chi connectivity index (χ2n) is 6.49. The Hall–Kier alpha value is -2.41. The summed E-state index contributed by atoms with van der Waals surface area (Å²) < 4.78 is 1.69. The number of rotatable bonds is 6. The van der Waals surface area contributed by atoms with E-state index < -0.39 is 0 Å². The van der Waals surface area contributed by atoms with E-state index in [1.807, 2.05) is 19.1 Å². The van der Waals surface area contributed by atoms with Crippen molar-refractivity contribution in [2.24, 2.45) is 0 Å². The highest BCUT2D eigenvalue weighted by Gasteiger charge is 2.29. The largest absolute Gasteiger partial charge is 0.395 e. The van der Waals surface area contributed by atoms with Crippen molar-refractivity contribution in [1.29, 1.82) is 0 Å². The highest BCUT2D eigenvalue weighted by atomic mass is 16.3. The first kappa shape index (κ1) is 17.4. The molecule has 0 spiro atoms. The van der Waals surface area contributed by atoms with Crippen LogP contribution in [0.25, 0.3) is 0 Å². The number of aromatic nitrogens is 3. The van der Waals surface area contributed by atoms with Crippen molar-refractivity contribution in [3.05, 3.63) is 48.0 Å². The minimum Gasteiger partial charge on any atom is -0.395 e. The summed E-state index contributed by atoms with van der Waals surface area (Å²) in [4.78, 5) is 18.5. The van der Waals surface area contributed by atoms with Crippen LogP contribution >= 0.6 is 0 Å². The van der Waals surface area contributed by atoms with E-state index in [0.29, 0.717) is 13.1 Å². The molecule has 2 atom stereocenters. The fraction of sp³-hybridized carbons (Fsp3) is 0.500. The fourth-order valence-electron chi connectivity index (χ4n) is 3.51. The Bertz CT molecular complexity index is 689. The van der Waals surface area contributed by atoms with Gasteiger partial charge in [0.1, 0.15) is 12.7 Å². The van der Waals surface area contributed by atoms with Crippen LogP contribution in [-0.4, -0.2) is 50.0 Å². The molecule has 2 aromatic rings. The van der Waals surface area contributed by atoms with Crippen molar-refractivity contribution in [3.63, 3.8) is 0 Å². The molecule has 2 N–H and O–H groups in total. The number of hydrogen-bond donors (Lipinski definition) is 2. The normalized spacial score (nSPS) is 17.6. The zero-order valence-electron chi connectivity index (χ0n) is 14.5. The molecule has 0 saturated carbocycles. The number of carbonyl (C=O) groups is 1. The molecular formula is C18H25N5O2. The molecule has 1 aliphatic rings. The molecular weight excluding hydrogens is 318 g/mol. The summed E-state index contributed by atoms with van der Waals surface area (Å²) in [6.07, 6.45) is 6.12. The molecule has 0 aliphatic heterocycles. The van der Waals surface area contributed by atoms with E-state index in [9.17, 15) is 9.90 Å². The Morgan fingerprint density at radius 3 is 3.08 bits per heavy atom. The van der Waals surface area contributed by atoms with Crippen LogP contribution in [0.4, 0.5) is 4.79 Å². The maximum absolute atomic E-state index is 12.8. The van der Waals surface area contributed by atoms with Crippen molar-refractivity contribution >= 4 is 6.03 Å². The fourth-order valence-corrected chi connectivity index (χ4v) is 3.51. The topological polar surface area (TPSA) is 83.3 Å². The van der Waals surface area contributed by atoms with Crippen molar-refractivity contribution in [1.82, 2.24) is 25.0 Å². The van der Waals surface area contributed by atoms with Crippen LogP contribution in [0.1, 0.15) is 36.9 Å². The number of nitrogens with one attached hydrogen (secondary N) is 1. The van der Waals surface area contributed by atoms with Crippen LogP contribution in [0.2, 0.25) is 0 Å². The van der Waals surface area contributed by atoms with E-state index in [0.717, 1.165) is 19.3 Å². The van der Waals surface area contributed by atoms with E-state index in [1.165, 1.54) is 17.5 Å². The summed E-state index contributed by atoms with van der Waals surface area (Å²) in [6.45, 7) is 2.76. The smallest absolute Gasteiger partial charge is 0.318 e. The summed E-state index contributed by atoms with van der Waals surface area (Å²) >= 11 is 0. The molecule has 1 aromatic carbocycles. The Labute approximate surface area is 147 Å². The van der Waals surface area contributed by atoms with E-state index >= 15 is 0 Å². The molecule has 1 aromatic heterocycles. The lowest BCUT2D eigenvalue weighted by atomic mass is 9.87. The van der Waals surface area contributed by atoms with Gasteiger partial charge in [-0.05, 0) is 37.3 Å². The highest BCUT2D eigenvalue weighted by molar-refractivity contribution is 5.75. The predicted octanol–water partition coefficient (Wildman–Crippen LogP) is 1.75. The molecule has 0 fully saturated rings. The standard InChI is InChI=1S/C18H25N5O2/c1-14(11-22-13-19-12-20-22)21-18(25)23(9-10-24)17-8-4-6-15-5-2-3-7-16(15)17/h2-3,5,7,12-14,17,24H,4,6,8-11H2,1H3,(H,21,25)/t14-,17-/m1/s1. The second-order valence-corrected chi connectivity index (χ2v) is 6.49. The van der Waals surface area contributed by atoms with Gasteiger partial charge in [-0.25, -0.2) is 9.78 Å². The molecule has 1 aliphatic carbocycles. The van der Waals surface area contributed by atoms with Gasteiger partial charge in [0.25, 0.3) is 0 Å². The molecule has 134 valence electrons. The van der Waals surface area contributed by atoms with E-state index in [2.05, 4.69) is 27.5 Å². The lowest BCUT2D eigenvalue weighted by Crippen LogP contribution is -2.48. The average Bonchev–Trinajstić information content (AvgIpc) is 3.12. The van der Waals surface area contributed by atoms with Crippen LogP contribution in [0, 0.1) is 0 Å². The van der Waals surface area contributed by atoms with Gasteiger partial charge in [0.05, 0.1) is 19.2 Å². The molecule has 1 heterocycles. The van der Waals surface area contributed by atoms with Crippen molar-refractivity contribution in [2.75, 3.05) is 13.2 Å². The Balaban J connectivity index is 1.71. The van der Waals surface area contributed by atoms with Gasteiger partial charge < -0.3 is 15.3 Å². The van der Waals surface area contributed by atoms with E-state index in [1.54, 1.807) is 15.9 Å². The van der Waals surface area contributed by atoms with Crippen LogP contribution in [0.3, 0.4) is 0 Å². The van der Waals surface area contributed by atoms with E-state index in [4.69, 9.17) is 0 Å². The number of amides is 2. The molecule has 7 heteroatoms. The van der Waals surface area contributed by atoms with E-state index in [-0.39, 0.29) is 24.7 Å². The number of aryl methyl sites for hydroxylation is 1. The maximum atomic E-state index is 12.8. The van der Waals surface area contributed by atoms with Crippen molar-refractivity contribution in [3.8, 4) is 0 Å². The SMILES string of the molecule is C[C@H](Cn1cncn1)NC(=O)N(CCO)[C@@H]1CCCc2ccccc21. The molecule has 25 heavy (non-hydrogen) atoms. The first-order valence-electron chi connectivity index (χ1n) is 8.77. The van der Waals surface area contributed by atoms with Crippen molar-refractivity contribution in [2.45, 2.75) is 44.8 Å². The van der Waals surface area contributed by atoms with Gasteiger partial charge in [0, 0.05) is 12.6 Å². The number of fused-ring (bicyclic) bond motifs is 1. The highest BCUT2D eigenvalue weighted by Crippen LogP contribution is 2.34. The Kier molecular flexibility index (Phi) is 5.65. The van der Waals surface area contributed by atoms with Crippen LogP contribution in [0.15, 0.2) is 36.9 Å². The monoisotopic (exact) mass is 343 g/mol.